The minimum atomic E-state index is -0.838. The molecular formula is C33H25N7. The van der Waals surface area contributed by atoms with Crippen LogP contribution in [0.25, 0.3) is 33.0 Å². The Labute approximate surface area is 232 Å². The van der Waals surface area contributed by atoms with Crippen molar-refractivity contribution in [3.8, 4) is 22.5 Å². The molecule has 192 valence electrons. The summed E-state index contributed by atoms with van der Waals surface area (Å²) in [5, 5.41) is 17.2. The van der Waals surface area contributed by atoms with Gasteiger partial charge in [0, 0.05) is 10.5 Å². The first kappa shape index (κ1) is 24.8. The van der Waals surface area contributed by atoms with E-state index in [2.05, 4.69) is 74.1 Å². The van der Waals surface area contributed by atoms with Gasteiger partial charge in [-0.05, 0) is 49.3 Å². The second-order valence-electron chi connectivity index (χ2n) is 9.35. The van der Waals surface area contributed by atoms with E-state index >= 15 is 0 Å². The average molecular weight is 520 g/mol. The molecule has 0 saturated carbocycles. The van der Waals surface area contributed by atoms with Crippen molar-refractivity contribution in [1.29, 1.82) is 0 Å². The van der Waals surface area contributed by atoms with Gasteiger partial charge in [-0.2, -0.15) is 0 Å². The largest absolute Gasteiger partial charge is 0.205 e. The van der Waals surface area contributed by atoms with Gasteiger partial charge in [-0.25, -0.2) is 4.68 Å². The van der Waals surface area contributed by atoms with E-state index in [1.54, 1.807) is 0 Å². The normalized spacial score (nSPS) is 11.1. The summed E-state index contributed by atoms with van der Waals surface area (Å²) < 4.78 is 1.95. The first-order valence-electron chi connectivity index (χ1n) is 13.0. The predicted octanol–water partition coefficient (Wildman–Crippen LogP) is 7.66. The molecule has 6 aromatic rings. The van der Waals surface area contributed by atoms with E-state index in [0.29, 0.717) is 12.4 Å². The van der Waals surface area contributed by atoms with Crippen LogP contribution in [0.3, 0.4) is 0 Å². The summed E-state index contributed by atoms with van der Waals surface area (Å²) in [4.78, 5) is 2.87. The number of aromatic nitrogens is 4. The van der Waals surface area contributed by atoms with Gasteiger partial charge in [-0.3, -0.25) is 0 Å². The van der Waals surface area contributed by atoms with Gasteiger partial charge in [0.25, 0.3) is 0 Å². The summed E-state index contributed by atoms with van der Waals surface area (Å²) in [5.74, 6) is 0.644. The van der Waals surface area contributed by atoms with Crippen LogP contribution in [0.2, 0.25) is 0 Å². The van der Waals surface area contributed by atoms with E-state index in [0.717, 1.165) is 38.9 Å². The third-order valence-corrected chi connectivity index (χ3v) is 7.11. The molecule has 1 aromatic heterocycles. The Bertz CT molecular complexity index is 1660. The quantitative estimate of drug-likeness (QED) is 0.0894. The highest BCUT2D eigenvalue weighted by Crippen LogP contribution is 2.43. The highest BCUT2D eigenvalue weighted by Gasteiger charge is 2.42. The van der Waals surface area contributed by atoms with Gasteiger partial charge in [-0.15, -0.1) is 5.10 Å². The minimum Gasteiger partial charge on any atom is -0.205 e. The lowest BCUT2D eigenvalue weighted by Gasteiger charge is -2.36. The maximum Gasteiger partial charge on any atom is 0.184 e. The number of hydrogen-bond donors (Lipinski definition) is 0. The highest BCUT2D eigenvalue weighted by molar-refractivity contribution is 5.81. The fourth-order valence-electron chi connectivity index (χ4n) is 5.32. The molecule has 0 spiro atoms. The van der Waals surface area contributed by atoms with Gasteiger partial charge in [0.1, 0.15) is 5.54 Å². The van der Waals surface area contributed by atoms with Gasteiger partial charge < -0.3 is 0 Å². The van der Waals surface area contributed by atoms with Crippen molar-refractivity contribution in [3.63, 3.8) is 0 Å². The molecule has 0 N–H and O–H groups in total. The molecule has 7 nitrogen and oxygen atoms in total. The van der Waals surface area contributed by atoms with Crippen LogP contribution >= 0.6 is 0 Å². The van der Waals surface area contributed by atoms with Crippen LogP contribution in [0.1, 0.15) is 22.3 Å². The minimum absolute atomic E-state index is 0.310. The fraction of sp³-hybridized carbons (Fsp3) is 0.0606. The van der Waals surface area contributed by atoms with Crippen molar-refractivity contribution < 1.29 is 0 Å². The van der Waals surface area contributed by atoms with Crippen LogP contribution in [0.5, 0.6) is 0 Å². The van der Waals surface area contributed by atoms with Crippen molar-refractivity contribution in [2.24, 2.45) is 5.11 Å². The van der Waals surface area contributed by atoms with E-state index in [9.17, 15) is 0 Å². The summed E-state index contributed by atoms with van der Waals surface area (Å²) in [6.45, 7) is 0.310. The van der Waals surface area contributed by atoms with Gasteiger partial charge >= 0.3 is 0 Å². The molecular weight excluding hydrogens is 494 g/mol. The number of hydrogen-bond acceptors (Lipinski definition) is 4. The molecule has 0 fully saturated rings. The van der Waals surface area contributed by atoms with Crippen molar-refractivity contribution in [1.82, 2.24) is 20.2 Å². The second-order valence-corrected chi connectivity index (χ2v) is 9.35. The van der Waals surface area contributed by atoms with E-state index in [1.165, 1.54) is 0 Å². The summed E-state index contributed by atoms with van der Waals surface area (Å²) in [6.07, 6.45) is 0. The molecule has 5 aromatic carbocycles. The summed E-state index contributed by atoms with van der Waals surface area (Å²) in [5.41, 5.74) is 14.8. The molecule has 6 rings (SSSR count). The summed E-state index contributed by atoms with van der Waals surface area (Å²) in [7, 11) is 0. The Balaban J connectivity index is 1.61. The van der Waals surface area contributed by atoms with E-state index in [1.807, 2.05) is 95.7 Å². The monoisotopic (exact) mass is 519 g/mol. The standard InChI is InChI=1S/C33H25N7/c34-37-35-24-25-20-22-26(23-21-25)30-18-10-11-19-31(30)32-36-38-39-40(32)33(27-12-4-1-5-13-27,28-14-6-2-7-15-28)29-16-8-3-9-17-29/h1-23H,24H2. The zero-order chi connectivity index (χ0) is 27.2. The highest BCUT2D eigenvalue weighted by atomic mass is 15.6. The maximum absolute atomic E-state index is 8.68. The van der Waals surface area contributed by atoms with Gasteiger partial charge in [0.15, 0.2) is 5.82 Å². The smallest absolute Gasteiger partial charge is 0.184 e. The molecule has 0 aliphatic rings. The summed E-state index contributed by atoms with van der Waals surface area (Å²) in [6, 6.07) is 47.3. The lowest BCUT2D eigenvalue weighted by Crippen LogP contribution is -2.39. The molecule has 0 radical (unpaired) electrons. The van der Waals surface area contributed by atoms with Crippen LogP contribution < -0.4 is 0 Å². The average Bonchev–Trinajstić information content (AvgIpc) is 3.52. The molecule has 0 aliphatic carbocycles. The molecule has 0 unspecified atom stereocenters. The van der Waals surface area contributed by atoms with Crippen LogP contribution in [0, 0.1) is 0 Å². The fourth-order valence-corrected chi connectivity index (χ4v) is 5.32. The molecule has 0 saturated heterocycles. The summed E-state index contributed by atoms with van der Waals surface area (Å²) >= 11 is 0. The predicted molar refractivity (Wildman–Crippen MR) is 156 cm³/mol. The van der Waals surface area contributed by atoms with Crippen LogP contribution in [-0.2, 0) is 12.1 Å². The zero-order valence-corrected chi connectivity index (χ0v) is 21.6. The molecule has 40 heavy (non-hydrogen) atoms. The molecule has 0 atom stereocenters. The SMILES string of the molecule is [N-]=[N+]=NCc1ccc(-c2ccccc2-c2nnnn2C(c2ccccc2)(c2ccccc2)c2ccccc2)cc1. The molecule has 0 aliphatic heterocycles. The molecule has 1 heterocycles. The van der Waals surface area contributed by atoms with Crippen LogP contribution in [0.15, 0.2) is 145 Å². The van der Waals surface area contributed by atoms with E-state index in [-0.39, 0.29) is 0 Å². The molecule has 0 bridgehead atoms. The van der Waals surface area contributed by atoms with Crippen LogP contribution in [-0.4, -0.2) is 20.2 Å². The lowest BCUT2D eigenvalue weighted by atomic mass is 9.77. The Morgan fingerprint density at radius 2 is 1.12 bits per heavy atom. The van der Waals surface area contributed by atoms with Crippen molar-refractivity contribution in [3.05, 3.63) is 172 Å². The van der Waals surface area contributed by atoms with Gasteiger partial charge in [0.2, 0.25) is 0 Å². The Morgan fingerprint density at radius 3 is 1.65 bits per heavy atom. The number of tetrazole rings is 1. The number of nitrogens with zero attached hydrogens (tertiary/aromatic N) is 7. The zero-order valence-electron chi connectivity index (χ0n) is 21.6. The number of rotatable bonds is 8. The van der Waals surface area contributed by atoms with Crippen molar-refractivity contribution >= 4 is 0 Å². The van der Waals surface area contributed by atoms with Crippen LogP contribution in [0.4, 0.5) is 0 Å². The Kier molecular flexibility index (Phi) is 6.86. The van der Waals surface area contributed by atoms with E-state index in [4.69, 9.17) is 5.53 Å². The van der Waals surface area contributed by atoms with Crippen molar-refractivity contribution in [2.45, 2.75) is 12.1 Å². The number of benzene rings is 5. The lowest BCUT2D eigenvalue weighted by molar-refractivity contribution is 0.451. The first-order chi connectivity index (χ1) is 19.8. The third kappa shape index (κ3) is 4.41. The Hall–Kier alpha value is -5.52. The molecule has 0 amide bonds. The van der Waals surface area contributed by atoms with Gasteiger partial charge in [0.05, 0.1) is 6.54 Å². The Morgan fingerprint density at radius 1 is 0.625 bits per heavy atom. The maximum atomic E-state index is 8.68. The third-order valence-electron chi connectivity index (χ3n) is 7.11. The van der Waals surface area contributed by atoms with Gasteiger partial charge in [-0.1, -0.05) is 145 Å². The topological polar surface area (TPSA) is 92.4 Å². The van der Waals surface area contributed by atoms with E-state index < -0.39 is 5.54 Å². The second kappa shape index (κ2) is 11.1. The molecule has 7 heteroatoms. The first-order valence-corrected chi connectivity index (χ1v) is 13.0. The van der Waals surface area contributed by atoms with Crippen molar-refractivity contribution in [2.75, 3.05) is 0 Å². The number of azide groups is 1.